The maximum absolute atomic E-state index is 11.6. The van der Waals surface area contributed by atoms with Gasteiger partial charge in [-0.2, -0.15) is 0 Å². The van der Waals surface area contributed by atoms with Gasteiger partial charge < -0.3 is 15.7 Å². The van der Waals surface area contributed by atoms with Gasteiger partial charge in [0.1, 0.15) is 0 Å². The molecular weight excluding hydrogens is 278 g/mol. The Balaban J connectivity index is 2.41. The van der Waals surface area contributed by atoms with Gasteiger partial charge in [-0.15, -0.1) is 0 Å². The summed E-state index contributed by atoms with van der Waals surface area (Å²) in [5.41, 5.74) is 6.87. The number of primary sulfonamides is 1. The summed E-state index contributed by atoms with van der Waals surface area (Å²) in [6.45, 7) is 4.84. The van der Waals surface area contributed by atoms with E-state index in [4.69, 9.17) is 10.9 Å². The number of anilines is 2. The average molecular weight is 299 g/mol. The molecular formula is C13H21N3O3S. The lowest BCUT2D eigenvalue weighted by molar-refractivity contribution is 0.0351. The molecule has 0 atom stereocenters. The summed E-state index contributed by atoms with van der Waals surface area (Å²) in [5, 5.41) is 15.2. The van der Waals surface area contributed by atoms with E-state index in [1.807, 2.05) is 11.8 Å². The van der Waals surface area contributed by atoms with Crippen molar-refractivity contribution in [2.75, 3.05) is 23.7 Å². The smallest absolute Gasteiger partial charge is 0.238 e. The Kier molecular flexibility index (Phi) is 3.70. The zero-order valence-electron chi connectivity index (χ0n) is 11.8. The van der Waals surface area contributed by atoms with Crippen molar-refractivity contribution >= 4 is 21.4 Å². The van der Waals surface area contributed by atoms with Crippen LogP contribution in [0.4, 0.5) is 11.4 Å². The maximum atomic E-state index is 11.6. The van der Waals surface area contributed by atoms with E-state index in [-0.39, 0.29) is 4.90 Å². The van der Waals surface area contributed by atoms with Gasteiger partial charge in [-0.1, -0.05) is 0 Å². The zero-order chi connectivity index (χ0) is 15.1. The maximum Gasteiger partial charge on any atom is 0.238 e. The Labute approximate surface area is 119 Å². The van der Waals surface area contributed by atoms with Crippen LogP contribution in [-0.2, 0) is 10.0 Å². The summed E-state index contributed by atoms with van der Waals surface area (Å²) in [4.78, 5) is 2.10. The van der Waals surface area contributed by atoms with E-state index in [1.54, 1.807) is 13.0 Å². The standard InChI is InChI=1S/C13H21N3O3S/c1-9-11(16-5-3-13(2,17)4-6-16)7-10(14)8-12(9)20(15,18)19/h7-8,17H,3-6,14H2,1-2H3,(H2,15,18,19). The predicted octanol–water partition coefficient (Wildman–Crippen LogP) is 0.576. The summed E-state index contributed by atoms with van der Waals surface area (Å²) in [5.74, 6) is 0. The molecule has 0 aromatic heterocycles. The number of rotatable bonds is 2. The van der Waals surface area contributed by atoms with Crippen molar-refractivity contribution in [3.05, 3.63) is 17.7 Å². The summed E-state index contributed by atoms with van der Waals surface area (Å²) < 4.78 is 23.2. The number of hydrogen-bond acceptors (Lipinski definition) is 5. The summed E-state index contributed by atoms with van der Waals surface area (Å²) >= 11 is 0. The summed E-state index contributed by atoms with van der Waals surface area (Å²) in [6.07, 6.45) is 1.26. The van der Waals surface area contributed by atoms with E-state index in [2.05, 4.69) is 0 Å². The fraction of sp³-hybridized carbons (Fsp3) is 0.538. The molecule has 0 saturated carbocycles. The molecule has 1 heterocycles. The Morgan fingerprint density at radius 3 is 2.35 bits per heavy atom. The van der Waals surface area contributed by atoms with Crippen LogP contribution in [0.25, 0.3) is 0 Å². The van der Waals surface area contributed by atoms with Crippen LogP contribution in [0, 0.1) is 6.92 Å². The van der Waals surface area contributed by atoms with Gasteiger partial charge in [-0.05, 0) is 44.4 Å². The number of hydrogen-bond donors (Lipinski definition) is 3. The van der Waals surface area contributed by atoms with Gasteiger partial charge in [0.2, 0.25) is 10.0 Å². The van der Waals surface area contributed by atoms with Gasteiger partial charge in [-0.3, -0.25) is 0 Å². The highest BCUT2D eigenvalue weighted by atomic mass is 32.2. The molecule has 1 aliphatic heterocycles. The van der Waals surface area contributed by atoms with Crippen molar-refractivity contribution in [1.29, 1.82) is 0 Å². The molecule has 1 saturated heterocycles. The van der Waals surface area contributed by atoms with E-state index in [9.17, 15) is 13.5 Å². The molecule has 1 aliphatic rings. The highest BCUT2D eigenvalue weighted by Crippen LogP contribution is 2.32. The third-order valence-corrected chi connectivity index (χ3v) is 4.88. The number of sulfonamides is 1. The van der Waals surface area contributed by atoms with Crippen molar-refractivity contribution < 1.29 is 13.5 Å². The third-order valence-electron chi connectivity index (χ3n) is 3.84. The van der Waals surface area contributed by atoms with Crippen LogP contribution in [0.3, 0.4) is 0 Å². The van der Waals surface area contributed by atoms with E-state index in [1.165, 1.54) is 6.07 Å². The molecule has 0 radical (unpaired) electrons. The fourth-order valence-electron chi connectivity index (χ4n) is 2.55. The Bertz CT molecular complexity index is 616. The van der Waals surface area contributed by atoms with Crippen LogP contribution in [0.15, 0.2) is 17.0 Å². The number of nitrogens with zero attached hydrogens (tertiary/aromatic N) is 1. The number of piperidine rings is 1. The molecule has 1 fully saturated rings. The Morgan fingerprint density at radius 1 is 1.30 bits per heavy atom. The molecule has 20 heavy (non-hydrogen) atoms. The fourth-order valence-corrected chi connectivity index (χ4v) is 3.38. The topological polar surface area (TPSA) is 110 Å². The van der Waals surface area contributed by atoms with Crippen LogP contribution in [0.1, 0.15) is 25.3 Å². The second kappa shape index (κ2) is 4.91. The van der Waals surface area contributed by atoms with E-state index in [0.29, 0.717) is 37.2 Å². The number of aliphatic hydroxyl groups is 1. The third kappa shape index (κ3) is 3.05. The van der Waals surface area contributed by atoms with E-state index in [0.717, 1.165) is 5.69 Å². The normalized spacial score (nSPS) is 19.1. The first kappa shape index (κ1) is 15.1. The molecule has 5 N–H and O–H groups in total. The lowest BCUT2D eigenvalue weighted by Crippen LogP contribution is -2.42. The van der Waals surface area contributed by atoms with Crippen molar-refractivity contribution in [2.24, 2.45) is 5.14 Å². The van der Waals surface area contributed by atoms with Crippen LogP contribution in [0.5, 0.6) is 0 Å². The molecule has 0 aliphatic carbocycles. The zero-order valence-corrected chi connectivity index (χ0v) is 12.6. The SMILES string of the molecule is Cc1c(N2CCC(C)(O)CC2)cc(N)cc1S(N)(=O)=O. The van der Waals surface area contributed by atoms with Gasteiger partial charge >= 0.3 is 0 Å². The lowest BCUT2D eigenvalue weighted by atomic mass is 9.93. The minimum atomic E-state index is -3.80. The predicted molar refractivity (Wildman–Crippen MR) is 79.0 cm³/mol. The molecule has 7 heteroatoms. The molecule has 0 amide bonds. The Morgan fingerprint density at radius 2 is 1.85 bits per heavy atom. The summed E-state index contributed by atoms with van der Waals surface area (Å²) in [6, 6.07) is 3.14. The van der Waals surface area contributed by atoms with Gasteiger partial charge in [0.25, 0.3) is 0 Å². The Hall–Kier alpha value is -1.31. The molecule has 0 unspecified atom stereocenters. The van der Waals surface area contributed by atoms with Gasteiger partial charge in [0, 0.05) is 24.5 Å². The molecule has 0 spiro atoms. The van der Waals surface area contributed by atoms with Gasteiger partial charge in [0.15, 0.2) is 0 Å². The van der Waals surface area contributed by atoms with Gasteiger partial charge in [0.05, 0.1) is 10.5 Å². The lowest BCUT2D eigenvalue weighted by Gasteiger charge is -2.38. The first-order valence-electron chi connectivity index (χ1n) is 6.50. The molecule has 0 bridgehead atoms. The van der Waals surface area contributed by atoms with E-state index < -0.39 is 15.6 Å². The monoisotopic (exact) mass is 299 g/mol. The van der Waals surface area contributed by atoms with Crippen molar-refractivity contribution in [1.82, 2.24) is 0 Å². The second-order valence-electron chi connectivity index (χ2n) is 5.69. The van der Waals surface area contributed by atoms with Crippen LogP contribution in [-0.4, -0.2) is 32.2 Å². The minimum absolute atomic E-state index is 0.0600. The highest BCUT2D eigenvalue weighted by Gasteiger charge is 2.29. The molecule has 1 aromatic carbocycles. The van der Waals surface area contributed by atoms with Crippen molar-refractivity contribution in [3.63, 3.8) is 0 Å². The summed E-state index contributed by atoms with van der Waals surface area (Å²) in [7, 11) is -3.80. The van der Waals surface area contributed by atoms with Gasteiger partial charge in [-0.25, -0.2) is 13.6 Å². The molecule has 112 valence electrons. The first-order chi connectivity index (χ1) is 9.10. The first-order valence-corrected chi connectivity index (χ1v) is 8.05. The van der Waals surface area contributed by atoms with Crippen molar-refractivity contribution in [3.8, 4) is 0 Å². The van der Waals surface area contributed by atoms with Crippen LogP contribution < -0.4 is 15.8 Å². The van der Waals surface area contributed by atoms with Crippen molar-refractivity contribution in [2.45, 2.75) is 37.2 Å². The van der Waals surface area contributed by atoms with Crippen LogP contribution >= 0.6 is 0 Å². The number of nitrogen functional groups attached to an aromatic ring is 1. The average Bonchev–Trinajstić information content (AvgIpc) is 2.30. The second-order valence-corrected chi connectivity index (χ2v) is 7.22. The minimum Gasteiger partial charge on any atom is -0.399 e. The number of benzene rings is 1. The molecule has 1 aromatic rings. The largest absolute Gasteiger partial charge is 0.399 e. The molecule has 2 rings (SSSR count). The van der Waals surface area contributed by atoms with E-state index >= 15 is 0 Å². The number of nitrogens with two attached hydrogens (primary N) is 2. The quantitative estimate of drug-likeness (QED) is 0.692. The van der Waals surface area contributed by atoms with Crippen LogP contribution in [0.2, 0.25) is 0 Å². The highest BCUT2D eigenvalue weighted by molar-refractivity contribution is 7.89. The molecule has 6 nitrogen and oxygen atoms in total.